The molecule has 0 amide bonds. The van der Waals surface area contributed by atoms with Gasteiger partial charge in [-0.05, 0) is 24.6 Å². The minimum Gasteiger partial charge on any atom is -0.380 e. The first-order valence-corrected chi connectivity index (χ1v) is 5.16. The molecule has 5 heteroatoms. The van der Waals surface area contributed by atoms with Crippen molar-refractivity contribution < 1.29 is 4.74 Å². The van der Waals surface area contributed by atoms with Gasteiger partial charge in [0.1, 0.15) is 0 Å². The van der Waals surface area contributed by atoms with E-state index in [9.17, 15) is 0 Å². The van der Waals surface area contributed by atoms with Gasteiger partial charge in [-0.1, -0.05) is 12.1 Å². The molecule has 5 nitrogen and oxygen atoms in total. The summed E-state index contributed by atoms with van der Waals surface area (Å²) in [4.78, 5) is 4.15. The van der Waals surface area contributed by atoms with Crippen LogP contribution < -0.4 is 16.6 Å². The average Bonchev–Trinajstić information content (AvgIpc) is 2.29. The van der Waals surface area contributed by atoms with Gasteiger partial charge in [0.05, 0.1) is 6.61 Å². The third kappa shape index (κ3) is 3.88. The van der Waals surface area contributed by atoms with E-state index < -0.39 is 0 Å². The monoisotopic (exact) mass is 222 g/mol. The molecule has 16 heavy (non-hydrogen) atoms. The van der Waals surface area contributed by atoms with Gasteiger partial charge >= 0.3 is 0 Å². The predicted molar refractivity (Wildman–Crippen MR) is 66.1 cm³/mol. The highest BCUT2D eigenvalue weighted by Gasteiger charge is 1.98. The third-order valence-corrected chi connectivity index (χ3v) is 1.95. The average molecular weight is 222 g/mol. The van der Waals surface area contributed by atoms with E-state index in [1.807, 2.05) is 31.2 Å². The Morgan fingerprint density at radius 3 is 2.94 bits per heavy atom. The molecule has 0 radical (unpaired) electrons. The van der Waals surface area contributed by atoms with Crippen molar-refractivity contribution in [1.29, 1.82) is 0 Å². The topological polar surface area (TPSA) is 71.7 Å². The summed E-state index contributed by atoms with van der Waals surface area (Å²) in [5.41, 5.74) is 4.54. The van der Waals surface area contributed by atoms with Gasteiger partial charge in [0.2, 0.25) is 5.96 Å². The Bertz CT molecular complexity index is 352. The molecule has 1 rings (SSSR count). The summed E-state index contributed by atoms with van der Waals surface area (Å²) in [6.07, 6.45) is 0. The minimum absolute atomic E-state index is 0.553. The van der Waals surface area contributed by atoms with Gasteiger partial charge in [0.15, 0.2) is 0 Å². The number of hydrogen-bond acceptors (Lipinski definition) is 3. The fourth-order valence-electron chi connectivity index (χ4n) is 1.32. The third-order valence-electron chi connectivity index (χ3n) is 1.95. The van der Waals surface area contributed by atoms with Crippen molar-refractivity contribution in [1.82, 2.24) is 5.43 Å². The summed E-state index contributed by atoms with van der Waals surface area (Å²) in [7, 11) is 1.67. The molecule has 0 spiro atoms. The van der Waals surface area contributed by atoms with Gasteiger partial charge in [-0.15, -0.1) is 0 Å². The summed E-state index contributed by atoms with van der Waals surface area (Å²) < 4.78 is 5.06. The number of benzene rings is 1. The Hall–Kier alpha value is -1.59. The molecule has 0 aliphatic rings. The maximum absolute atomic E-state index is 5.34. The number of rotatable bonds is 4. The normalized spacial score (nSPS) is 11.3. The molecule has 0 saturated carbocycles. The number of hydrazine groups is 1. The molecule has 1 aromatic rings. The van der Waals surface area contributed by atoms with Crippen LogP contribution in [0.5, 0.6) is 0 Å². The van der Waals surface area contributed by atoms with Gasteiger partial charge in [0, 0.05) is 19.3 Å². The second-order valence-electron chi connectivity index (χ2n) is 3.23. The minimum atomic E-state index is 0.553. The summed E-state index contributed by atoms with van der Waals surface area (Å²) in [5.74, 6) is 5.89. The summed E-state index contributed by atoms with van der Waals surface area (Å²) in [5, 5.41) is 3.09. The maximum Gasteiger partial charge on any atom is 0.210 e. The molecule has 0 aromatic heterocycles. The quantitative estimate of drug-likeness (QED) is 0.308. The van der Waals surface area contributed by atoms with E-state index >= 15 is 0 Å². The summed E-state index contributed by atoms with van der Waals surface area (Å²) >= 11 is 0. The first-order valence-electron chi connectivity index (χ1n) is 5.16. The number of methoxy groups -OCH3 is 1. The smallest absolute Gasteiger partial charge is 0.210 e. The van der Waals surface area contributed by atoms with Crippen molar-refractivity contribution >= 4 is 11.6 Å². The zero-order valence-corrected chi connectivity index (χ0v) is 9.66. The van der Waals surface area contributed by atoms with Gasteiger partial charge in [-0.3, -0.25) is 10.4 Å². The zero-order chi connectivity index (χ0) is 11.8. The van der Waals surface area contributed by atoms with Crippen molar-refractivity contribution in [2.75, 3.05) is 19.0 Å². The lowest BCUT2D eigenvalue weighted by atomic mass is 10.2. The van der Waals surface area contributed by atoms with Crippen LogP contribution in [0, 0.1) is 0 Å². The van der Waals surface area contributed by atoms with Crippen molar-refractivity contribution in [3.8, 4) is 0 Å². The van der Waals surface area contributed by atoms with Crippen LogP contribution in [0.1, 0.15) is 12.5 Å². The lowest BCUT2D eigenvalue weighted by molar-refractivity contribution is 0.185. The Kier molecular flexibility index (Phi) is 5.31. The van der Waals surface area contributed by atoms with Crippen molar-refractivity contribution in [3.63, 3.8) is 0 Å². The van der Waals surface area contributed by atoms with E-state index in [0.717, 1.165) is 11.3 Å². The maximum atomic E-state index is 5.34. The largest absolute Gasteiger partial charge is 0.380 e. The molecule has 0 aliphatic heterocycles. The van der Waals surface area contributed by atoms with Crippen LogP contribution in [0.15, 0.2) is 29.3 Å². The van der Waals surface area contributed by atoms with Crippen LogP contribution in [0.2, 0.25) is 0 Å². The Morgan fingerprint density at radius 2 is 2.31 bits per heavy atom. The van der Waals surface area contributed by atoms with Crippen LogP contribution in [-0.2, 0) is 11.3 Å². The van der Waals surface area contributed by atoms with Crippen molar-refractivity contribution in [3.05, 3.63) is 29.8 Å². The van der Waals surface area contributed by atoms with E-state index in [-0.39, 0.29) is 0 Å². The van der Waals surface area contributed by atoms with E-state index in [2.05, 4.69) is 15.7 Å². The molecule has 0 fully saturated rings. The molecule has 0 bridgehead atoms. The number of nitrogens with two attached hydrogens (primary N) is 1. The van der Waals surface area contributed by atoms with E-state index in [1.54, 1.807) is 7.11 Å². The Balaban J connectivity index is 2.72. The molecule has 0 unspecified atom stereocenters. The molecule has 0 aliphatic carbocycles. The lowest BCUT2D eigenvalue weighted by Crippen LogP contribution is -2.36. The number of hydrogen-bond donors (Lipinski definition) is 3. The first kappa shape index (κ1) is 12.5. The van der Waals surface area contributed by atoms with Crippen LogP contribution in [0.25, 0.3) is 0 Å². The molecule has 0 saturated heterocycles. The van der Waals surface area contributed by atoms with E-state index in [4.69, 9.17) is 10.6 Å². The number of guanidine groups is 1. The molecule has 4 N–H and O–H groups in total. The lowest BCUT2D eigenvalue weighted by Gasteiger charge is -2.09. The van der Waals surface area contributed by atoms with Crippen LogP contribution >= 0.6 is 0 Å². The first-order chi connectivity index (χ1) is 7.80. The number of nitrogens with zero attached hydrogens (tertiary/aromatic N) is 1. The molecule has 88 valence electrons. The van der Waals surface area contributed by atoms with Crippen LogP contribution in [0.3, 0.4) is 0 Å². The van der Waals surface area contributed by atoms with Gasteiger partial charge in [0.25, 0.3) is 0 Å². The number of nitrogens with one attached hydrogen (secondary N) is 2. The fourth-order valence-corrected chi connectivity index (χ4v) is 1.32. The SMILES string of the molecule is CCN=C(NN)Nc1cccc(COC)c1. The highest BCUT2D eigenvalue weighted by molar-refractivity contribution is 5.93. The van der Waals surface area contributed by atoms with E-state index in [0.29, 0.717) is 19.1 Å². The predicted octanol–water partition coefficient (Wildman–Crippen LogP) is 1.08. The number of aliphatic imine (C=N–C) groups is 1. The Morgan fingerprint density at radius 1 is 1.50 bits per heavy atom. The molecular weight excluding hydrogens is 204 g/mol. The highest BCUT2D eigenvalue weighted by atomic mass is 16.5. The second-order valence-corrected chi connectivity index (χ2v) is 3.23. The molecular formula is C11H18N4O. The fraction of sp³-hybridized carbons (Fsp3) is 0.364. The van der Waals surface area contributed by atoms with Crippen LogP contribution in [-0.4, -0.2) is 19.6 Å². The van der Waals surface area contributed by atoms with Gasteiger partial charge in [-0.25, -0.2) is 5.84 Å². The van der Waals surface area contributed by atoms with Crippen molar-refractivity contribution in [2.45, 2.75) is 13.5 Å². The second kappa shape index (κ2) is 6.81. The highest BCUT2D eigenvalue weighted by Crippen LogP contribution is 2.11. The molecule has 0 heterocycles. The summed E-state index contributed by atoms with van der Waals surface area (Å²) in [6, 6.07) is 7.89. The van der Waals surface area contributed by atoms with Crippen molar-refractivity contribution in [2.24, 2.45) is 10.8 Å². The van der Waals surface area contributed by atoms with E-state index in [1.165, 1.54) is 0 Å². The number of ether oxygens (including phenoxy) is 1. The summed E-state index contributed by atoms with van der Waals surface area (Å²) in [6.45, 7) is 3.20. The van der Waals surface area contributed by atoms with Crippen LogP contribution in [0.4, 0.5) is 5.69 Å². The zero-order valence-electron chi connectivity index (χ0n) is 9.66. The molecule has 1 aromatic carbocycles. The van der Waals surface area contributed by atoms with Gasteiger partial charge in [-0.2, -0.15) is 0 Å². The standard InChI is InChI=1S/C11H18N4O/c1-3-13-11(15-12)14-10-6-4-5-9(7-10)8-16-2/h4-7H,3,8,12H2,1-2H3,(H2,13,14,15). The Labute approximate surface area is 95.7 Å². The molecule has 0 atom stereocenters. The van der Waals surface area contributed by atoms with Gasteiger partial charge < -0.3 is 10.1 Å². The number of anilines is 1.